The summed E-state index contributed by atoms with van der Waals surface area (Å²) in [6, 6.07) is 3.66. The van der Waals surface area contributed by atoms with E-state index in [2.05, 4.69) is 10.3 Å². The average molecular weight is 249 g/mol. The van der Waals surface area contributed by atoms with E-state index in [1.54, 1.807) is 30.3 Å². The maximum Gasteiger partial charge on any atom is 0.254 e. The second kappa shape index (κ2) is 5.35. The van der Waals surface area contributed by atoms with Crippen LogP contribution >= 0.6 is 0 Å². The third-order valence-corrected chi connectivity index (χ3v) is 3.42. The molecule has 1 aromatic rings. The van der Waals surface area contributed by atoms with E-state index < -0.39 is 0 Å². The Morgan fingerprint density at radius 2 is 2.39 bits per heavy atom. The van der Waals surface area contributed by atoms with Crippen LogP contribution in [0.5, 0.6) is 0 Å². The molecule has 0 aliphatic carbocycles. The molecule has 2 unspecified atom stereocenters. The van der Waals surface area contributed by atoms with E-state index in [-0.39, 0.29) is 18.1 Å². The van der Waals surface area contributed by atoms with Crippen LogP contribution in [0, 0.1) is 0 Å². The molecule has 1 saturated heterocycles. The van der Waals surface area contributed by atoms with E-state index in [9.17, 15) is 4.79 Å². The Bertz CT molecular complexity index is 436. The lowest BCUT2D eigenvalue weighted by Gasteiger charge is -2.26. The van der Waals surface area contributed by atoms with Gasteiger partial charge in [0.15, 0.2) is 0 Å². The highest BCUT2D eigenvalue weighted by atomic mass is 16.5. The largest absolute Gasteiger partial charge is 0.376 e. The fourth-order valence-corrected chi connectivity index (χ4v) is 2.28. The molecule has 0 aromatic carbocycles. The Balaban J connectivity index is 2.14. The molecule has 1 aliphatic rings. The first kappa shape index (κ1) is 12.8. The van der Waals surface area contributed by atoms with E-state index in [0.29, 0.717) is 11.4 Å². The van der Waals surface area contributed by atoms with Crippen molar-refractivity contribution in [3.8, 4) is 0 Å². The summed E-state index contributed by atoms with van der Waals surface area (Å²) in [6.07, 6.45) is 2.64. The van der Waals surface area contributed by atoms with Gasteiger partial charge < -0.3 is 15.0 Å². The Labute approximate surface area is 107 Å². The third kappa shape index (κ3) is 2.46. The summed E-state index contributed by atoms with van der Waals surface area (Å²) in [5, 5.41) is 2.93. The molecule has 0 spiro atoms. The van der Waals surface area contributed by atoms with Crippen LogP contribution in [0.3, 0.4) is 0 Å². The van der Waals surface area contributed by atoms with Crippen molar-refractivity contribution in [3.63, 3.8) is 0 Å². The van der Waals surface area contributed by atoms with Crippen LogP contribution in [-0.4, -0.2) is 48.6 Å². The highest BCUT2D eigenvalue weighted by Gasteiger charge is 2.31. The standard InChI is InChI=1S/C13H19N3O2/c1-9-11(5-7-18-9)16(3)13(17)10-4-6-15-12(8-10)14-2/h4,6,8-9,11H,5,7H2,1-3H3,(H,14,15). The van der Waals surface area contributed by atoms with Gasteiger partial charge in [0, 0.05) is 32.5 Å². The number of pyridine rings is 1. The first-order valence-corrected chi connectivity index (χ1v) is 6.16. The fourth-order valence-electron chi connectivity index (χ4n) is 2.28. The summed E-state index contributed by atoms with van der Waals surface area (Å²) in [5.74, 6) is 0.709. The number of likely N-dealkylation sites (N-methyl/N-ethyl adjacent to an activating group) is 1. The Hall–Kier alpha value is -1.62. The number of aromatic nitrogens is 1. The molecule has 5 heteroatoms. The van der Waals surface area contributed by atoms with Crippen molar-refractivity contribution in [1.29, 1.82) is 0 Å². The number of rotatable bonds is 3. The van der Waals surface area contributed by atoms with Gasteiger partial charge in [-0.3, -0.25) is 4.79 Å². The normalized spacial score (nSPS) is 22.8. The van der Waals surface area contributed by atoms with Crippen molar-refractivity contribution in [2.45, 2.75) is 25.5 Å². The van der Waals surface area contributed by atoms with E-state index in [0.717, 1.165) is 13.0 Å². The number of amides is 1. The van der Waals surface area contributed by atoms with Gasteiger partial charge in [-0.2, -0.15) is 0 Å². The Morgan fingerprint density at radius 3 is 3.00 bits per heavy atom. The van der Waals surface area contributed by atoms with Crippen molar-refractivity contribution in [2.24, 2.45) is 0 Å². The molecular formula is C13H19N3O2. The number of hydrogen-bond donors (Lipinski definition) is 1. The third-order valence-electron chi connectivity index (χ3n) is 3.42. The van der Waals surface area contributed by atoms with Gasteiger partial charge in [0.1, 0.15) is 5.82 Å². The second-order valence-corrected chi connectivity index (χ2v) is 4.53. The average Bonchev–Trinajstić information content (AvgIpc) is 2.83. The van der Waals surface area contributed by atoms with Crippen molar-refractivity contribution in [3.05, 3.63) is 23.9 Å². The lowest BCUT2D eigenvalue weighted by molar-refractivity contribution is 0.0574. The molecule has 0 saturated carbocycles. The number of hydrogen-bond acceptors (Lipinski definition) is 4. The molecule has 18 heavy (non-hydrogen) atoms. The Kier molecular flexibility index (Phi) is 3.81. The van der Waals surface area contributed by atoms with Gasteiger partial charge in [-0.1, -0.05) is 0 Å². The SMILES string of the molecule is CNc1cc(C(=O)N(C)C2CCOC2C)ccn1. The van der Waals surface area contributed by atoms with Crippen LogP contribution in [0.25, 0.3) is 0 Å². The van der Waals surface area contributed by atoms with Gasteiger partial charge in [0.2, 0.25) is 0 Å². The fraction of sp³-hybridized carbons (Fsp3) is 0.538. The minimum Gasteiger partial charge on any atom is -0.376 e. The van der Waals surface area contributed by atoms with Crippen LogP contribution in [0.4, 0.5) is 5.82 Å². The van der Waals surface area contributed by atoms with Crippen molar-refractivity contribution in [2.75, 3.05) is 26.0 Å². The molecule has 98 valence electrons. The molecular weight excluding hydrogens is 230 g/mol. The number of nitrogens with zero attached hydrogens (tertiary/aromatic N) is 2. The van der Waals surface area contributed by atoms with Crippen LogP contribution < -0.4 is 5.32 Å². The molecule has 1 fully saturated rings. The number of carbonyl (C=O) groups is 1. The van der Waals surface area contributed by atoms with E-state index in [1.165, 1.54) is 0 Å². The van der Waals surface area contributed by atoms with E-state index in [4.69, 9.17) is 4.74 Å². The van der Waals surface area contributed by atoms with Gasteiger partial charge in [0.05, 0.1) is 12.1 Å². The number of carbonyl (C=O) groups excluding carboxylic acids is 1. The van der Waals surface area contributed by atoms with Crippen LogP contribution in [0.15, 0.2) is 18.3 Å². The molecule has 1 amide bonds. The molecule has 0 bridgehead atoms. The highest BCUT2D eigenvalue weighted by Crippen LogP contribution is 2.20. The van der Waals surface area contributed by atoms with Crippen LogP contribution in [0.1, 0.15) is 23.7 Å². The molecule has 1 aromatic heterocycles. The second-order valence-electron chi connectivity index (χ2n) is 4.53. The summed E-state index contributed by atoms with van der Waals surface area (Å²) in [7, 11) is 3.62. The minimum atomic E-state index is 0.0104. The quantitative estimate of drug-likeness (QED) is 0.879. The van der Waals surface area contributed by atoms with Gasteiger partial charge in [-0.05, 0) is 25.5 Å². The van der Waals surface area contributed by atoms with Crippen molar-refractivity contribution < 1.29 is 9.53 Å². The molecule has 5 nitrogen and oxygen atoms in total. The van der Waals surface area contributed by atoms with Gasteiger partial charge >= 0.3 is 0 Å². The van der Waals surface area contributed by atoms with Gasteiger partial charge in [-0.25, -0.2) is 4.98 Å². The van der Waals surface area contributed by atoms with Crippen LogP contribution in [0.2, 0.25) is 0 Å². The molecule has 0 radical (unpaired) electrons. The summed E-state index contributed by atoms with van der Waals surface area (Å²) in [5.41, 5.74) is 0.649. The molecule has 2 atom stereocenters. The molecule has 1 N–H and O–H groups in total. The van der Waals surface area contributed by atoms with E-state index in [1.807, 2.05) is 14.0 Å². The zero-order valence-electron chi connectivity index (χ0n) is 11.0. The summed E-state index contributed by atoms with van der Waals surface area (Å²) in [4.78, 5) is 18.2. The monoisotopic (exact) mass is 249 g/mol. The lowest BCUT2D eigenvalue weighted by Crippen LogP contribution is -2.41. The van der Waals surface area contributed by atoms with E-state index >= 15 is 0 Å². The maximum atomic E-state index is 12.4. The smallest absolute Gasteiger partial charge is 0.254 e. The molecule has 2 heterocycles. The minimum absolute atomic E-state index is 0.0104. The topological polar surface area (TPSA) is 54.5 Å². The van der Waals surface area contributed by atoms with Crippen LogP contribution in [-0.2, 0) is 4.74 Å². The predicted molar refractivity (Wildman–Crippen MR) is 69.7 cm³/mol. The Morgan fingerprint density at radius 1 is 1.61 bits per heavy atom. The summed E-state index contributed by atoms with van der Waals surface area (Å²) in [6.45, 7) is 2.73. The molecule has 1 aliphatic heterocycles. The summed E-state index contributed by atoms with van der Waals surface area (Å²) < 4.78 is 5.50. The first-order valence-electron chi connectivity index (χ1n) is 6.16. The van der Waals surface area contributed by atoms with Gasteiger partial charge in [-0.15, -0.1) is 0 Å². The maximum absolute atomic E-state index is 12.4. The zero-order chi connectivity index (χ0) is 13.1. The molecule has 2 rings (SSSR count). The first-order chi connectivity index (χ1) is 8.63. The number of anilines is 1. The number of ether oxygens (including phenoxy) is 1. The zero-order valence-corrected chi connectivity index (χ0v) is 11.0. The van der Waals surface area contributed by atoms with Crippen molar-refractivity contribution in [1.82, 2.24) is 9.88 Å². The summed E-state index contributed by atoms with van der Waals surface area (Å²) >= 11 is 0. The highest BCUT2D eigenvalue weighted by molar-refractivity contribution is 5.94. The van der Waals surface area contributed by atoms with Gasteiger partial charge in [0.25, 0.3) is 5.91 Å². The predicted octanol–water partition coefficient (Wildman–Crippen LogP) is 1.37. The number of nitrogens with one attached hydrogen (secondary N) is 1. The van der Waals surface area contributed by atoms with Crippen molar-refractivity contribution >= 4 is 11.7 Å². The lowest BCUT2D eigenvalue weighted by atomic mass is 10.1.